The van der Waals surface area contributed by atoms with E-state index in [0.717, 1.165) is 28.1 Å². The fraction of sp³-hybridized carbons (Fsp3) is 0.263. The average molecular weight is 409 g/mol. The SMILES string of the molecule is O=C(c1ccc(Cl)cc1F)N1CCC(c2nc3cc(Cl)ccc3s2)CC1. The maximum atomic E-state index is 14.0. The van der Waals surface area contributed by atoms with Crippen molar-refractivity contribution in [1.82, 2.24) is 9.88 Å². The Kier molecular flexibility index (Phi) is 4.86. The Morgan fingerprint density at radius 2 is 1.81 bits per heavy atom. The van der Waals surface area contributed by atoms with Gasteiger partial charge in [-0.2, -0.15) is 0 Å². The lowest BCUT2D eigenvalue weighted by molar-refractivity contribution is 0.0708. The van der Waals surface area contributed by atoms with Gasteiger partial charge in [0.15, 0.2) is 0 Å². The van der Waals surface area contributed by atoms with Crippen LogP contribution < -0.4 is 0 Å². The first kappa shape index (κ1) is 17.7. The predicted molar refractivity (Wildman–Crippen MR) is 104 cm³/mol. The summed E-state index contributed by atoms with van der Waals surface area (Å²) in [5.74, 6) is -0.549. The minimum atomic E-state index is -0.576. The maximum absolute atomic E-state index is 14.0. The Morgan fingerprint density at radius 3 is 2.54 bits per heavy atom. The lowest BCUT2D eigenvalue weighted by Gasteiger charge is -2.31. The Balaban J connectivity index is 1.47. The van der Waals surface area contributed by atoms with Crippen molar-refractivity contribution in [3.05, 3.63) is 62.8 Å². The van der Waals surface area contributed by atoms with Crippen molar-refractivity contribution in [2.75, 3.05) is 13.1 Å². The number of amides is 1. The standard InChI is InChI=1S/C19H15Cl2FN2OS/c20-12-1-3-14(15(22)9-12)19(25)24-7-5-11(6-8-24)18-23-16-10-13(21)2-4-17(16)26-18/h1-4,9-11H,5-8H2. The van der Waals surface area contributed by atoms with E-state index in [1.807, 2.05) is 18.2 Å². The molecule has 0 bridgehead atoms. The van der Waals surface area contributed by atoms with E-state index in [2.05, 4.69) is 0 Å². The van der Waals surface area contributed by atoms with Crippen LogP contribution in [0.2, 0.25) is 10.0 Å². The summed E-state index contributed by atoms with van der Waals surface area (Å²) in [6, 6.07) is 9.89. The molecule has 2 heterocycles. The highest BCUT2D eigenvalue weighted by atomic mass is 35.5. The minimum Gasteiger partial charge on any atom is -0.339 e. The van der Waals surface area contributed by atoms with Crippen molar-refractivity contribution >= 4 is 50.7 Å². The van der Waals surface area contributed by atoms with E-state index in [0.29, 0.717) is 24.0 Å². The first-order chi connectivity index (χ1) is 12.5. The molecule has 134 valence electrons. The number of rotatable bonds is 2. The minimum absolute atomic E-state index is 0.0717. The van der Waals surface area contributed by atoms with Gasteiger partial charge in [0.05, 0.1) is 20.8 Å². The number of piperidine rings is 1. The molecular weight excluding hydrogens is 394 g/mol. The Labute approximate surface area is 164 Å². The molecular formula is C19H15Cl2FN2OS. The zero-order valence-corrected chi connectivity index (χ0v) is 16.0. The number of thiazole rings is 1. The molecule has 26 heavy (non-hydrogen) atoms. The van der Waals surface area contributed by atoms with Gasteiger partial charge in [0.2, 0.25) is 0 Å². The van der Waals surface area contributed by atoms with Gasteiger partial charge in [-0.15, -0.1) is 11.3 Å². The number of carbonyl (C=O) groups is 1. The normalized spacial score (nSPS) is 15.6. The Hall–Kier alpha value is -1.69. The third kappa shape index (κ3) is 3.43. The number of aromatic nitrogens is 1. The van der Waals surface area contributed by atoms with Gasteiger partial charge in [-0.1, -0.05) is 23.2 Å². The quantitative estimate of drug-likeness (QED) is 0.539. The molecule has 1 saturated heterocycles. The third-order valence-corrected chi connectivity index (χ3v) is 6.33. The molecule has 1 fully saturated rings. The maximum Gasteiger partial charge on any atom is 0.256 e. The number of halogens is 3. The second kappa shape index (κ2) is 7.14. The smallest absolute Gasteiger partial charge is 0.256 e. The summed E-state index contributed by atoms with van der Waals surface area (Å²) in [6.45, 7) is 1.17. The molecule has 0 spiro atoms. The van der Waals surface area contributed by atoms with Gasteiger partial charge in [0.1, 0.15) is 5.82 Å². The van der Waals surface area contributed by atoms with E-state index in [1.165, 1.54) is 18.2 Å². The van der Waals surface area contributed by atoms with Gasteiger partial charge in [-0.05, 0) is 49.2 Å². The Bertz CT molecular complexity index is 983. The van der Waals surface area contributed by atoms with Crippen LogP contribution in [0, 0.1) is 5.82 Å². The summed E-state index contributed by atoms with van der Waals surface area (Å²) in [7, 11) is 0. The predicted octanol–water partition coefficient (Wildman–Crippen LogP) is 5.76. The van der Waals surface area contributed by atoms with E-state index in [9.17, 15) is 9.18 Å². The second-order valence-electron chi connectivity index (χ2n) is 6.35. The topological polar surface area (TPSA) is 33.2 Å². The number of benzene rings is 2. The van der Waals surface area contributed by atoms with Crippen LogP contribution >= 0.6 is 34.5 Å². The summed E-state index contributed by atoms with van der Waals surface area (Å²) in [6.07, 6.45) is 1.63. The van der Waals surface area contributed by atoms with Crippen LogP contribution in [-0.4, -0.2) is 28.9 Å². The third-order valence-electron chi connectivity index (χ3n) is 4.66. The molecule has 1 aromatic heterocycles. The first-order valence-corrected chi connectivity index (χ1v) is 9.89. The highest BCUT2D eigenvalue weighted by Crippen LogP contribution is 2.35. The van der Waals surface area contributed by atoms with E-state index in [4.69, 9.17) is 28.2 Å². The molecule has 7 heteroatoms. The number of hydrogen-bond acceptors (Lipinski definition) is 3. The number of fused-ring (bicyclic) bond motifs is 1. The average Bonchev–Trinajstić information content (AvgIpc) is 3.04. The van der Waals surface area contributed by atoms with E-state index in [-0.39, 0.29) is 16.5 Å². The molecule has 4 rings (SSSR count). The first-order valence-electron chi connectivity index (χ1n) is 8.31. The zero-order valence-electron chi connectivity index (χ0n) is 13.7. The van der Waals surface area contributed by atoms with Gasteiger partial charge in [-0.3, -0.25) is 4.79 Å². The van der Waals surface area contributed by atoms with Gasteiger partial charge in [0.25, 0.3) is 5.91 Å². The van der Waals surface area contributed by atoms with Crippen LogP contribution in [0.3, 0.4) is 0 Å². The molecule has 0 unspecified atom stereocenters. The van der Waals surface area contributed by atoms with Crippen molar-refractivity contribution in [3.63, 3.8) is 0 Å². The summed E-state index contributed by atoms with van der Waals surface area (Å²) >= 11 is 13.5. The molecule has 2 aromatic carbocycles. The molecule has 0 radical (unpaired) electrons. The summed E-state index contributed by atoms with van der Waals surface area (Å²) in [5.41, 5.74) is 0.988. The van der Waals surface area contributed by atoms with Gasteiger partial charge in [-0.25, -0.2) is 9.37 Å². The summed E-state index contributed by atoms with van der Waals surface area (Å²) < 4.78 is 15.1. The van der Waals surface area contributed by atoms with Crippen LogP contribution in [0.15, 0.2) is 36.4 Å². The van der Waals surface area contributed by atoms with E-state index in [1.54, 1.807) is 16.2 Å². The van der Waals surface area contributed by atoms with E-state index < -0.39 is 5.82 Å². The Morgan fingerprint density at radius 1 is 1.12 bits per heavy atom. The number of nitrogens with zero attached hydrogens (tertiary/aromatic N) is 2. The van der Waals surface area contributed by atoms with Gasteiger partial charge >= 0.3 is 0 Å². The van der Waals surface area contributed by atoms with Crippen LogP contribution in [0.1, 0.15) is 34.1 Å². The van der Waals surface area contributed by atoms with Crippen molar-refractivity contribution in [1.29, 1.82) is 0 Å². The molecule has 0 N–H and O–H groups in total. The number of carbonyl (C=O) groups excluding carboxylic acids is 1. The van der Waals surface area contributed by atoms with Gasteiger partial charge in [0, 0.05) is 29.1 Å². The lowest BCUT2D eigenvalue weighted by Crippen LogP contribution is -2.38. The highest BCUT2D eigenvalue weighted by Gasteiger charge is 2.27. The molecule has 3 nitrogen and oxygen atoms in total. The van der Waals surface area contributed by atoms with Crippen molar-refractivity contribution in [2.45, 2.75) is 18.8 Å². The summed E-state index contributed by atoms with van der Waals surface area (Å²) in [5, 5.41) is 2.04. The highest BCUT2D eigenvalue weighted by molar-refractivity contribution is 7.18. The largest absolute Gasteiger partial charge is 0.339 e. The van der Waals surface area contributed by atoms with Crippen LogP contribution in [0.4, 0.5) is 4.39 Å². The van der Waals surface area contributed by atoms with Crippen LogP contribution in [0.5, 0.6) is 0 Å². The molecule has 0 saturated carbocycles. The fourth-order valence-corrected chi connectivity index (χ4v) is 4.70. The molecule has 1 aliphatic heterocycles. The number of hydrogen-bond donors (Lipinski definition) is 0. The molecule has 1 amide bonds. The van der Waals surface area contributed by atoms with Gasteiger partial charge < -0.3 is 4.90 Å². The zero-order chi connectivity index (χ0) is 18.3. The van der Waals surface area contributed by atoms with Crippen molar-refractivity contribution < 1.29 is 9.18 Å². The monoisotopic (exact) mass is 408 g/mol. The van der Waals surface area contributed by atoms with Crippen molar-refractivity contribution in [3.8, 4) is 0 Å². The molecule has 0 atom stereocenters. The fourth-order valence-electron chi connectivity index (χ4n) is 3.26. The van der Waals surface area contributed by atoms with Crippen molar-refractivity contribution in [2.24, 2.45) is 0 Å². The van der Waals surface area contributed by atoms with E-state index >= 15 is 0 Å². The lowest BCUT2D eigenvalue weighted by atomic mass is 9.97. The number of likely N-dealkylation sites (tertiary alicyclic amines) is 1. The van der Waals surface area contributed by atoms with Crippen LogP contribution in [-0.2, 0) is 0 Å². The second-order valence-corrected chi connectivity index (χ2v) is 8.29. The summed E-state index contributed by atoms with van der Waals surface area (Å²) in [4.78, 5) is 19.0. The van der Waals surface area contributed by atoms with Crippen LogP contribution in [0.25, 0.3) is 10.2 Å². The molecule has 3 aromatic rings. The molecule has 1 aliphatic rings. The molecule has 0 aliphatic carbocycles.